The number of pyridine rings is 1. The maximum absolute atomic E-state index is 9.05. The topological polar surface area (TPSA) is 86.6 Å². The number of H-pyrrole nitrogens is 1. The van der Waals surface area contributed by atoms with Crippen LogP contribution in [0.1, 0.15) is 23.7 Å². The Morgan fingerprint density at radius 2 is 2.50 bits per heavy atom. The summed E-state index contributed by atoms with van der Waals surface area (Å²) in [5, 5.41) is 19.1. The number of nitriles is 1. The molecule has 0 saturated carbocycles. The number of hydrogen-bond acceptors (Lipinski definition) is 5. The third-order valence-electron chi connectivity index (χ3n) is 3.52. The fourth-order valence-corrected chi connectivity index (χ4v) is 2.49. The van der Waals surface area contributed by atoms with Crippen molar-refractivity contribution in [1.29, 1.82) is 5.26 Å². The van der Waals surface area contributed by atoms with Crippen molar-refractivity contribution in [3.8, 4) is 6.07 Å². The summed E-state index contributed by atoms with van der Waals surface area (Å²) in [6.45, 7) is 1.47. The fraction of sp³-hybridized carbons (Fsp3) is 0.357. The van der Waals surface area contributed by atoms with Gasteiger partial charge in [-0.25, -0.2) is 4.98 Å². The number of hydrogen-bond donors (Lipinski definition) is 2. The zero-order chi connectivity index (χ0) is 13.8. The molecule has 2 aromatic heterocycles. The highest BCUT2D eigenvalue weighted by atomic mass is 16.5. The summed E-state index contributed by atoms with van der Waals surface area (Å²) in [6.07, 6.45) is 6.38. The minimum absolute atomic E-state index is 0.0514. The largest absolute Gasteiger partial charge is 0.373 e. The molecule has 0 unspecified atom stereocenters. The number of anilines is 1. The van der Waals surface area contributed by atoms with Crippen LogP contribution in [0, 0.1) is 17.2 Å². The average Bonchev–Trinajstić information content (AvgIpc) is 3.15. The van der Waals surface area contributed by atoms with Gasteiger partial charge in [-0.1, -0.05) is 0 Å². The van der Waals surface area contributed by atoms with E-state index in [0.29, 0.717) is 17.3 Å². The first kappa shape index (κ1) is 12.6. The molecule has 6 nitrogen and oxygen atoms in total. The van der Waals surface area contributed by atoms with Crippen molar-refractivity contribution in [3.63, 3.8) is 0 Å². The van der Waals surface area contributed by atoms with Crippen LogP contribution in [0.5, 0.6) is 0 Å². The van der Waals surface area contributed by atoms with Crippen LogP contribution in [0.4, 0.5) is 5.82 Å². The molecular formula is C14H15N5O. The second kappa shape index (κ2) is 5.72. The van der Waals surface area contributed by atoms with E-state index < -0.39 is 0 Å². The first-order chi connectivity index (χ1) is 9.88. The minimum atomic E-state index is 0.0514. The lowest BCUT2D eigenvalue weighted by atomic mass is 9.97. The highest BCUT2D eigenvalue weighted by Crippen LogP contribution is 2.34. The molecule has 6 heteroatoms. The zero-order valence-electron chi connectivity index (χ0n) is 10.9. The van der Waals surface area contributed by atoms with E-state index in [1.165, 1.54) is 0 Å². The number of aromatic nitrogens is 3. The average molecular weight is 269 g/mol. The van der Waals surface area contributed by atoms with Gasteiger partial charge in [-0.2, -0.15) is 10.4 Å². The lowest BCUT2D eigenvalue weighted by molar-refractivity contribution is 0.0933. The molecule has 3 rings (SSSR count). The van der Waals surface area contributed by atoms with Gasteiger partial charge in [-0.15, -0.1) is 0 Å². The SMILES string of the molecule is N#Cc1cccnc1NC[C@H]1CCO[C@@H]1c1cn[nH]c1. The van der Waals surface area contributed by atoms with Crippen molar-refractivity contribution in [2.24, 2.45) is 5.92 Å². The van der Waals surface area contributed by atoms with E-state index in [1.807, 2.05) is 6.20 Å². The van der Waals surface area contributed by atoms with Crippen LogP contribution in [0.25, 0.3) is 0 Å². The molecule has 1 aliphatic rings. The van der Waals surface area contributed by atoms with Crippen molar-refractivity contribution < 1.29 is 4.74 Å². The molecule has 0 amide bonds. The molecule has 1 aliphatic heterocycles. The second-order valence-corrected chi connectivity index (χ2v) is 4.76. The molecule has 1 saturated heterocycles. The van der Waals surface area contributed by atoms with Crippen molar-refractivity contribution in [1.82, 2.24) is 15.2 Å². The summed E-state index contributed by atoms with van der Waals surface area (Å²) < 4.78 is 5.77. The smallest absolute Gasteiger partial charge is 0.143 e. The number of ether oxygens (including phenoxy) is 1. The molecule has 0 bridgehead atoms. The van der Waals surface area contributed by atoms with E-state index in [1.54, 1.807) is 24.5 Å². The normalized spacial score (nSPS) is 21.6. The Labute approximate surface area is 116 Å². The third kappa shape index (κ3) is 2.49. The van der Waals surface area contributed by atoms with Gasteiger partial charge in [0.15, 0.2) is 0 Å². The monoisotopic (exact) mass is 269 g/mol. The molecule has 20 heavy (non-hydrogen) atoms. The Balaban J connectivity index is 1.67. The summed E-state index contributed by atoms with van der Waals surface area (Å²) in [5.41, 5.74) is 1.63. The second-order valence-electron chi connectivity index (χ2n) is 4.76. The summed E-state index contributed by atoms with van der Waals surface area (Å²) >= 11 is 0. The van der Waals surface area contributed by atoms with Crippen LogP contribution in [0.15, 0.2) is 30.7 Å². The van der Waals surface area contributed by atoms with Crippen LogP contribution < -0.4 is 5.32 Å². The lowest BCUT2D eigenvalue weighted by Gasteiger charge is -2.18. The van der Waals surface area contributed by atoms with E-state index in [9.17, 15) is 0 Å². The lowest BCUT2D eigenvalue weighted by Crippen LogP contribution is -2.18. The molecule has 0 aromatic carbocycles. The van der Waals surface area contributed by atoms with Crippen molar-refractivity contribution >= 4 is 5.82 Å². The van der Waals surface area contributed by atoms with Crippen LogP contribution in [0.2, 0.25) is 0 Å². The molecule has 3 heterocycles. The van der Waals surface area contributed by atoms with E-state index in [0.717, 1.165) is 25.1 Å². The molecule has 2 N–H and O–H groups in total. The predicted molar refractivity (Wildman–Crippen MR) is 72.8 cm³/mol. The summed E-state index contributed by atoms with van der Waals surface area (Å²) in [5.74, 6) is 0.981. The summed E-state index contributed by atoms with van der Waals surface area (Å²) in [6, 6.07) is 5.66. The van der Waals surface area contributed by atoms with E-state index in [-0.39, 0.29) is 6.10 Å². The summed E-state index contributed by atoms with van der Waals surface area (Å²) in [7, 11) is 0. The Kier molecular flexibility index (Phi) is 3.61. The van der Waals surface area contributed by atoms with E-state index >= 15 is 0 Å². The summed E-state index contributed by atoms with van der Waals surface area (Å²) in [4.78, 5) is 4.21. The molecule has 2 aromatic rings. The maximum Gasteiger partial charge on any atom is 0.143 e. The Morgan fingerprint density at radius 3 is 3.30 bits per heavy atom. The highest BCUT2D eigenvalue weighted by molar-refractivity contribution is 5.51. The number of nitrogens with zero attached hydrogens (tertiary/aromatic N) is 3. The Morgan fingerprint density at radius 1 is 1.55 bits per heavy atom. The first-order valence-corrected chi connectivity index (χ1v) is 6.58. The molecule has 0 spiro atoms. The number of aromatic amines is 1. The van der Waals surface area contributed by atoms with Gasteiger partial charge in [-0.3, -0.25) is 5.10 Å². The van der Waals surface area contributed by atoms with Crippen LogP contribution in [-0.2, 0) is 4.74 Å². The minimum Gasteiger partial charge on any atom is -0.373 e. The number of nitrogens with one attached hydrogen (secondary N) is 2. The van der Waals surface area contributed by atoms with Crippen LogP contribution in [-0.4, -0.2) is 28.3 Å². The fourth-order valence-electron chi connectivity index (χ4n) is 2.49. The molecular weight excluding hydrogens is 254 g/mol. The molecule has 1 fully saturated rings. The first-order valence-electron chi connectivity index (χ1n) is 6.58. The number of rotatable bonds is 4. The molecule has 0 aliphatic carbocycles. The quantitative estimate of drug-likeness (QED) is 0.884. The molecule has 0 radical (unpaired) electrons. The van der Waals surface area contributed by atoms with Crippen molar-refractivity contribution in [2.45, 2.75) is 12.5 Å². The highest BCUT2D eigenvalue weighted by Gasteiger charge is 2.30. The predicted octanol–water partition coefficient (Wildman–Crippen LogP) is 1.87. The van der Waals surface area contributed by atoms with Gasteiger partial charge in [-0.05, 0) is 18.6 Å². The van der Waals surface area contributed by atoms with Crippen LogP contribution in [0.3, 0.4) is 0 Å². The Bertz CT molecular complexity index is 604. The van der Waals surface area contributed by atoms with E-state index in [4.69, 9.17) is 10.00 Å². The zero-order valence-corrected chi connectivity index (χ0v) is 10.9. The third-order valence-corrected chi connectivity index (χ3v) is 3.52. The van der Waals surface area contributed by atoms with Crippen molar-refractivity contribution in [2.75, 3.05) is 18.5 Å². The van der Waals surface area contributed by atoms with Crippen molar-refractivity contribution in [3.05, 3.63) is 41.9 Å². The van der Waals surface area contributed by atoms with E-state index in [2.05, 4.69) is 26.6 Å². The standard InChI is InChI=1S/C14H15N5O/c15-6-10-2-1-4-16-14(10)17-7-11-3-5-20-13(11)12-8-18-19-9-12/h1-2,4,8-9,11,13H,3,5,7H2,(H,16,17)(H,18,19)/t11-,13+/m1/s1. The molecule has 102 valence electrons. The van der Waals surface area contributed by atoms with Gasteiger partial charge in [0.1, 0.15) is 11.9 Å². The maximum atomic E-state index is 9.05. The van der Waals surface area contributed by atoms with Crippen LogP contribution >= 0.6 is 0 Å². The van der Waals surface area contributed by atoms with Gasteiger partial charge in [0.25, 0.3) is 0 Å². The molecule has 2 atom stereocenters. The van der Waals surface area contributed by atoms with Gasteiger partial charge >= 0.3 is 0 Å². The van der Waals surface area contributed by atoms with Gasteiger partial charge < -0.3 is 10.1 Å². The Hall–Kier alpha value is -2.39. The van der Waals surface area contributed by atoms with Gasteiger partial charge in [0.05, 0.1) is 17.9 Å². The van der Waals surface area contributed by atoms with Gasteiger partial charge in [0, 0.05) is 37.0 Å². The van der Waals surface area contributed by atoms with Gasteiger partial charge in [0.2, 0.25) is 0 Å².